The van der Waals surface area contributed by atoms with Crippen LogP contribution in [0.4, 0.5) is 26.3 Å². The van der Waals surface area contributed by atoms with Crippen LogP contribution in [0.5, 0.6) is 5.75 Å². The van der Waals surface area contributed by atoms with Gasteiger partial charge in [0.15, 0.2) is 0 Å². The molecule has 0 fully saturated rings. The van der Waals surface area contributed by atoms with E-state index in [1.54, 1.807) is 16.8 Å². The summed E-state index contributed by atoms with van der Waals surface area (Å²) in [6.07, 6.45) is -12.1. The van der Waals surface area contributed by atoms with Crippen LogP contribution in [-0.4, -0.2) is 34.1 Å². The number of halogens is 7. The van der Waals surface area contributed by atoms with Gasteiger partial charge >= 0.3 is 12.4 Å². The molecule has 0 atom stereocenters. The third-order valence-corrected chi connectivity index (χ3v) is 6.87. The highest BCUT2D eigenvalue weighted by Crippen LogP contribution is 2.50. The third-order valence-electron chi connectivity index (χ3n) is 5.84. The minimum absolute atomic E-state index is 0.0338. The zero-order valence-electron chi connectivity index (χ0n) is 19.0. The number of fused-ring (bicyclic) bond motifs is 1. The fourth-order valence-electron chi connectivity index (χ4n) is 3.90. The van der Waals surface area contributed by atoms with Gasteiger partial charge in [0, 0.05) is 18.1 Å². The highest BCUT2D eigenvalue weighted by molar-refractivity contribution is 7.07. The van der Waals surface area contributed by atoms with E-state index < -0.39 is 29.1 Å². The Balaban J connectivity index is 2.07. The van der Waals surface area contributed by atoms with Gasteiger partial charge in [0.25, 0.3) is 11.2 Å². The van der Waals surface area contributed by atoms with Crippen LogP contribution >= 0.6 is 22.9 Å². The molecule has 37 heavy (non-hydrogen) atoms. The minimum Gasteiger partial charge on any atom is -0.495 e. The number of ether oxygens (including phenoxy) is 1. The summed E-state index contributed by atoms with van der Waals surface area (Å²) in [4.78, 5) is 18.1. The first-order valence-electron chi connectivity index (χ1n) is 10.5. The molecule has 0 saturated heterocycles. The van der Waals surface area contributed by atoms with Crippen molar-refractivity contribution in [2.75, 3.05) is 7.11 Å². The van der Waals surface area contributed by atoms with Crippen LogP contribution < -0.4 is 10.3 Å². The number of methoxy groups -OCH3 is 1. The smallest absolute Gasteiger partial charge is 0.430 e. The first-order valence-corrected chi connectivity index (χ1v) is 11.8. The zero-order chi connectivity index (χ0) is 27.3. The standard InChI is InChI=1S/C24H17ClF6N2O3S/c1-12-3-4-14(22(35,23(26,27)28)24(29,30)31)8-18(12)33-20(7-13-5-6-37-11-13)32-17-10-19(36-2)16(25)9-15(17)21(33)34/h3-6,8-11,35H,7H2,1-2H3. The van der Waals surface area contributed by atoms with E-state index in [1.807, 2.05) is 0 Å². The molecule has 0 unspecified atom stereocenters. The first kappa shape index (κ1) is 27.0. The van der Waals surface area contributed by atoms with E-state index in [4.69, 9.17) is 16.3 Å². The first-order chi connectivity index (χ1) is 17.2. The highest BCUT2D eigenvalue weighted by Gasteiger charge is 2.71. The predicted octanol–water partition coefficient (Wildman–Crippen LogP) is 6.32. The highest BCUT2D eigenvalue weighted by atomic mass is 35.5. The van der Waals surface area contributed by atoms with Gasteiger partial charge in [-0.05, 0) is 47.0 Å². The lowest BCUT2D eigenvalue weighted by Gasteiger charge is -2.33. The van der Waals surface area contributed by atoms with Crippen molar-refractivity contribution in [3.05, 3.63) is 85.0 Å². The molecule has 0 aliphatic carbocycles. The summed E-state index contributed by atoms with van der Waals surface area (Å²) in [7, 11) is 1.36. The molecule has 196 valence electrons. The molecule has 0 aliphatic heterocycles. The molecule has 0 saturated carbocycles. The summed E-state index contributed by atoms with van der Waals surface area (Å²) < 4.78 is 87.6. The third kappa shape index (κ3) is 4.57. The van der Waals surface area contributed by atoms with Crippen molar-refractivity contribution < 1.29 is 36.2 Å². The normalized spacial score (nSPS) is 12.8. The molecule has 0 amide bonds. The summed E-state index contributed by atoms with van der Waals surface area (Å²) in [5.41, 5.74) is -6.69. The molecule has 5 nitrogen and oxygen atoms in total. The van der Waals surface area contributed by atoms with Crippen LogP contribution in [0.15, 0.2) is 52.0 Å². The summed E-state index contributed by atoms with van der Waals surface area (Å²) in [5.74, 6) is 0.266. The Morgan fingerprint density at radius 3 is 2.32 bits per heavy atom. The Morgan fingerprint density at radius 2 is 1.76 bits per heavy atom. The topological polar surface area (TPSA) is 64.3 Å². The molecule has 4 aromatic rings. The van der Waals surface area contributed by atoms with Gasteiger partial charge in [0.05, 0.1) is 28.7 Å². The van der Waals surface area contributed by atoms with Gasteiger partial charge in [-0.25, -0.2) is 4.98 Å². The van der Waals surface area contributed by atoms with E-state index in [-0.39, 0.29) is 45.2 Å². The molecular formula is C24H17ClF6N2O3S. The Morgan fingerprint density at radius 1 is 1.08 bits per heavy atom. The van der Waals surface area contributed by atoms with Crippen LogP contribution in [0.1, 0.15) is 22.5 Å². The average Bonchev–Trinajstić information content (AvgIpc) is 3.31. The number of alkyl halides is 6. The molecule has 0 aliphatic rings. The van der Waals surface area contributed by atoms with E-state index in [0.717, 1.165) is 10.6 Å². The lowest BCUT2D eigenvalue weighted by Crippen LogP contribution is -2.54. The van der Waals surface area contributed by atoms with Crippen molar-refractivity contribution in [3.8, 4) is 11.4 Å². The van der Waals surface area contributed by atoms with Crippen LogP contribution in [0.2, 0.25) is 5.02 Å². The van der Waals surface area contributed by atoms with Crippen molar-refractivity contribution in [1.29, 1.82) is 0 Å². The van der Waals surface area contributed by atoms with Gasteiger partial charge in [0.1, 0.15) is 11.6 Å². The molecular weight excluding hydrogens is 546 g/mol. The van der Waals surface area contributed by atoms with E-state index in [1.165, 1.54) is 37.5 Å². The minimum atomic E-state index is -6.09. The van der Waals surface area contributed by atoms with E-state index >= 15 is 0 Å². The largest absolute Gasteiger partial charge is 0.495 e. The van der Waals surface area contributed by atoms with Crippen molar-refractivity contribution in [2.45, 2.75) is 31.3 Å². The SMILES string of the molecule is COc1cc2nc(Cc3ccsc3)n(-c3cc(C(O)(C(F)(F)F)C(F)(F)F)ccc3C)c(=O)c2cc1Cl. The van der Waals surface area contributed by atoms with Crippen LogP contribution in [0, 0.1) is 6.92 Å². The Bertz CT molecular complexity index is 1520. The number of hydrogen-bond donors (Lipinski definition) is 1. The second kappa shape index (κ2) is 9.34. The van der Waals surface area contributed by atoms with Gasteiger partial charge in [-0.1, -0.05) is 23.7 Å². The molecule has 0 bridgehead atoms. The Kier molecular flexibility index (Phi) is 6.80. The molecule has 2 heterocycles. The molecule has 2 aromatic heterocycles. The molecule has 13 heteroatoms. The molecule has 2 aromatic carbocycles. The van der Waals surface area contributed by atoms with Gasteiger partial charge in [-0.2, -0.15) is 37.7 Å². The lowest BCUT2D eigenvalue weighted by molar-refractivity contribution is -0.376. The summed E-state index contributed by atoms with van der Waals surface area (Å²) in [6.45, 7) is 1.41. The van der Waals surface area contributed by atoms with Crippen molar-refractivity contribution >= 4 is 33.8 Å². The number of rotatable bonds is 5. The lowest BCUT2D eigenvalue weighted by atomic mass is 9.91. The van der Waals surface area contributed by atoms with Crippen molar-refractivity contribution in [2.24, 2.45) is 0 Å². The number of hydrogen-bond acceptors (Lipinski definition) is 5. The fraction of sp³-hybridized carbons (Fsp3) is 0.250. The summed E-state index contributed by atoms with van der Waals surface area (Å²) in [5, 5.41) is 13.5. The van der Waals surface area contributed by atoms with E-state index in [9.17, 15) is 36.2 Å². The number of aromatic nitrogens is 2. The maximum atomic E-state index is 13.7. The second-order valence-corrected chi connectivity index (χ2v) is 9.38. The monoisotopic (exact) mass is 562 g/mol. The van der Waals surface area contributed by atoms with Crippen LogP contribution in [-0.2, 0) is 12.0 Å². The van der Waals surface area contributed by atoms with Gasteiger partial charge in [-0.3, -0.25) is 9.36 Å². The molecule has 4 rings (SSSR count). The Labute approximate surface area is 214 Å². The van der Waals surface area contributed by atoms with Gasteiger partial charge in [-0.15, -0.1) is 0 Å². The number of thiophene rings is 1. The number of aryl methyl sites for hydroxylation is 1. The Hall–Kier alpha value is -3.09. The fourth-order valence-corrected chi connectivity index (χ4v) is 4.81. The van der Waals surface area contributed by atoms with Crippen LogP contribution in [0.25, 0.3) is 16.6 Å². The zero-order valence-corrected chi connectivity index (χ0v) is 20.6. The second-order valence-electron chi connectivity index (χ2n) is 8.19. The molecule has 1 N–H and O–H groups in total. The van der Waals surface area contributed by atoms with Crippen molar-refractivity contribution in [1.82, 2.24) is 9.55 Å². The van der Waals surface area contributed by atoms with E-state index in [2.05, 4.69) is 4.98 Å². The van der Waals surface area contributed by atoms with E-state index in [0.29, 0.717) is 17.7 Å². The summed E-state index contributed by atoms with van der Waals surface area (Å²) >= 11 is 7.52. The van der Waals surface area contributed by atoms with Gasteiger partial charge < -0.3 is 9.84 Å². The molecule has 0 radical (unpaired) electrons. The summed E-state index contributed by atoms with van der Waals surface area (Å²) in [6, 6.07) is 6.42. The maximum Gasteiger partial charge on any atom is 0.430 e. The average molecular weight is 563 g/mol. The quantitative estimate of drug-likeness (QED) is 0.289. The number of benzene rings is 2. The maximum absolute atomic E-state index is 13.7. The van der Waals surface area contributed by atoms with Crippen LogP contribution in [0.3, 0.4) is 0 Å². The van der Waals surface area contributed by atoms with Gasteiger partial charge in [0.2, 0.25) is 0 Å². The number of aliphatic hydroxyl groups is 1. The predicted molar refractivity (Wildman–Crippen MR) is 127 cm³/mol. The van der Waals surface area contributed by atoms with Crippen molar-refractivity contribution in [3.63, 3.8) is 0 Å². The molecule has 0 spiro atoms. The number of nitrogens with zero attached hydrogens (tertiary/aromatic N) is 2.